The first-order valence-corrected chi connectivity index (χ1v) is 5.76. The highest BCUT2D eigenvalue weighted by Gasteiger charge is 2.18. The molecule has 1 aromatic heterocycles. The van der Waals surface area contributed by atoms with E-state index in [0.29, 0.717) is 0 Å². The molecule has 3 N–H and O–H groups in total. The van der Waals surface area contributed by atoms with Crippen LogP contribution < -0.4 is 0 Å². The van der Waals surface area contributed by atoms with Crippen molar-refractivity contribution in [2.75, 3.05) is 26.3 Å². The normalized spacial score (nSPS) is 10.2. The number of carboxylic acids is 1. The third-order valence-electron chi connectivity index (χ3n) is 2.05. The van der Waals surface area contributed by atoms with Crippen LogP contribution in [0.1, 0.15) is 19.3 Å². The van der Waals surface area contributed by atoms with Gasteiger partial charge in [0.05, 0.1) is 18.1 Å². The maximum atomic E-state index is 11.9. The minimum Gasteiger partial charge on any atom is -0.477 e. The van der Waals surface area contributed by atoms with Gasteiger partial charge in [-0.25, -0.2) is 4.79 Å². The van der Waals surface area contributed by atoms with Gasteiger partial charge in [-0.2, -0.15) is 0 Å². The van der Waals surface area contributed by atoms with E-state index in [9.17, 15) is 9.59 Å². The van der Waals surface area contributed by atoms with Crippen molar-refractivity contribution in [3.05, 3.63) is 21.9 Å². The summed E-state index contributed by atoms with van der Waals surface area (Å²) < 4.78 is 0. The zero-order valence-corrected chi connectivity index (χ0v) is 9.81. The van der Waals surface area contributed by atoms with Gasteiger partial charge in [0.2, 0.25) is 0 Å². The van der Waals surface area contributed by atoms with E-state index in [2.05, 4.69) is 0 Å². The lowest BCUT2D eigenvalue weighted by Crippen LogP contribution is -2.35. The molecule has 1 amide bonds. The molecule has 1 heterocycles. The Morgan fingerprint density at radius 1 is 1.12 bits per heavy atom. The summed E-state index contributed by atoms with van der Waals surface area (Å²) in [7, 11) is 0. The summed E-state index contributed by atoms with van der Waals surface area (Å²) >= 11 is 0.875. The Kier molecular flexibility index (Phi) is 5.08. The molecule has 17 heavy (non-hydrogen) atoms. The molecule has 0 aliphatic carbocycles. The standard InChI is InChI=1S/C10H13NO5S/c12-5-3-11(4-6-13)9(14)7-1-2-8(17-7)10(15)16/h1-2,12-13H,3-6H2,(H,15,16). The molecule has 1 rings (SSSR count). The van der Waals surface area contributed by atoms with Crippen LogP contribution in [0.3, 0.4) is 0 Å². The minimum absolute atomic E-state index is 0.0845. The van der Waals surface area contributed by atoms with E-state index in [1.54, 1.807) is 0 Å². The molecule has 0 fully saturated rings. The number of rotatable bonds is 6. The van der Waals surface area contributed by atoms with E-state index in [1.807, 2.05) is 0 Å². The summed E-state index contributed by atoms with van der Waals surface area (Å²) in [6.07, 6.45) is 0. The Bertz CT molecular complexity index is 397. The van der Waals surface area contributed by atoms with Gasteiger partial charge in [0, 0.05) is 13.1 Å². The number of nitrogens with zero attached hydrogens (tertiary/aromatic N) is 1. The van der Waals surface area contributed by atoms with Crippen molar-refractivity contribution in [3.63, 3.8) is 0 Å². The molecule has 0 bridgehead atoms. The molecular weight excluding hydrogens is 246 g/mol. The molecule has 0 aliphatic heterocycles. The van der Waals surface area contributed by atoms with Crippen LogP contribution in [0.4, 0.5) is 0 Å². The number of thiophene rings is 1. The Balaban J connectivity index is 2.81. The smallest absolute Gasteiger partial charge is 0.345 e. The van der Waals surface area contributed by atoms with Crippen LogP contribution in [0.2, 0.25) is 0 Å². The molecule has 1 aromatic rings. The van der Waals surface area contributed by atoms with Crippen LogP contribution in [-0.4, -0.2) is 58.4 Å². The van der Waals surface area contributed by atoms with Crippen molar-refractivity contribution in [1.82, 2.24) is 4.90 Å². The molecule has 0 atom stereocenters. The predicted octanol–water partition coefficient (Wildman–Crippen LogP) is -0.127. The van der Waals surface area contributed by atoms with Gasteiger partial charge in [-0.1, -0.05) is 0 Å². The summed E-state index contributed by atoms with van der Waals surface area (Å²) in [5.74, 6) is -1.46. The first kappa shape index (κ1) is 13.6. The average Bonchev–Trinajstić information content (AvgIpc) is 2.77. The maximum absolute atomic E-state index is 11.9. The first-order chi connectivity index (χ1) is 8.10. The van der Waals surface area contributed by atoms with Crippen LogP contribution in [0.15, 0.2) is 12.1 Å². The fraction of sp³-hybridized carbons (Fsp3) is 0.400. The lowest BCUT2D eigenvalue weighted by atomic mass is 10.3. The second-order valence-corrected chi connectivity index (χ2v) is 4.29. The van der Waals surface area contributed by atoms with E-state index in [-0.39, 0.29) is 42.0 Å². The molecule has 6 nitrogen and oxygen atoms in total. The average molecular weight is 259 g/mol. The predicted molar refractivity (Wildman–Crippen MR) is 61.4 cm³/mol. The molecule has 0 saturated carbocycles. The van der Waals surface area contributed by atoms with Gasteiger partial charge in [0.25, 0.3) is 5.91 Å². The molecule has 0 radical (unpaired) electrons. The van der Waals surface area contributed by atoms with Gasteiger partial charge in [-0.05, 0) is 12.1 Å². The van der Waals surface area contributed by atoms with Gasteiger partial charge in [-0.15, -0.1) is 11.3 Å². The Hall–Kier alpha value is -1.44. The van der Waals surface area contributed by atoms with E-state index >= 15 is 0 Å². The van der Waals surface area contributed by atoms with Crippen molar-refractivity contribution in [3.8, 4) is 0 Å². The molecule has 0 saturated heterocycles. The fourth-order valence-electron chi connectivity index (χ4n) is 1.28. The zero-order valence-electron chi connectivity index (χ0n) is 9.00. The van der Waals surface area contributed by atoms with Crippen LogP contribution >= 0.6 is 11.3 Å². The van der Waals surface area contributed by atoms with E-state index in [1.165, 1.54) is 17.0 Å². The SMILES string of the molecule is O=C(O)c1ccc(C(=O)N(CCO)CCO)s1. The van der Waals surface area contributed by atoms with Gasteiger partial charge in [0.1, 0.15) is 4.88 Å². The summed E-state index contributed by atoms with van der Waals surface area (Å²) in [6, 6.07) is 2.79. The van der Waals surface area contributed by atoms with Crippen molar-refractivity contribution >= 4 is 23.2 Å². The number of aliphatic hydroxyl groups excluding tert-OH is 2. The maximum Gasteiger partial charge on any atom is 0.345 e. The lowest BCUT2D eigenvalue weighted by molar-refractivity contribution is 0.0688. The highest BCUT2D eigenvalue weighted by atomic mass is 32.1. The van der Waals surface area contributed by atoms with Crippen molar-refractivity contribution in [1.29, 1.82) is 0 Å². The molecule has 7 heteroatoms. The van der Waals surface area contributed by atoms with Crippen LogP contribution in [0.5, 0.6) is 0 Å². The van der Waals surface area contributed by atoms with Crippen LogP contribution in [-0.2, 0) is 0 Å². The summed E-state index contributed by atoms with van der Waals surface area (Å²) in [5, 5.41) is 26.3. The van der Waals surface area contributed by atoms with Crippen LogP contribution in [0.25, 0.3) is 0 Å². The van der Waals surface area contributed by atoms with Gasteiger partial charge < -0.3 is 20.2 Å². The van der Waals surface area contributed by atoms with Gasteiger partial charge in [0.15, 0.2) is 0 Å². The number of carbonyl (C=O) groups is 2. The Labute approximate surface area is 102 Å². The zero-order chi connectivity index (χ0) is 12.8. The molecule has 0 aromatic carbocycles. The van der Waals surface area contributed by atoms with Gasteiger partial charge >= 0.3 is 5.97 Å². The summed E-state index contributed by atoms with van der Waals surface area (Å²) in [5.41, 5.74) is 0. The largest absolute Gasteiger partial charge is 0.477 e. The minimum atomic E-state index is -1.08. The Morgan fingerprint density at radius 2 is 1.65 bits per heavy atom. The number of aromatic carboxylic acids is 1. The van der Waals surface area contributed by atoms with Crippen molar-refractivity contribution < 1.29 is 24.9 Å². The van der Waals surface area contributed by atoms with Crippen molar-refractivity contribution in [2.45, 2.75) is 0 Å². The molecule has 94 valence electrons. The monoisotopic (exact) mass is 259 g/mol. The second-order valence-electron chi connectivity index (χ2n) is 3.21. The van der Waals surface area contributed by atoms with E-state index in [4.69, 9.17) is 15.3 Å². The highest BCUT2D eigenvalue weighted by Crippen LogP contribution is 2.18. The number of carboxylic acid groups (broad SMARTS) is 1. The third kappa shape index (κ3) is 3.52. The number of hydrogen-bond donors (Lipinski definition) is 3. The number of hydrogen-bond acceptors (Lipinski definition) is 5. The van der Waals surface area contributed by atoms with Crippen molar-refractivity contribution in [2.24, 2.45) is 0 Å². The first-order valence-electron chi connectivity index (χ1n) is 4.94. The summed E-state index contributed by atoms with van der Waals surface area (Å²) in [6.45, 7) is -0.189. The lowest BCUT2D eigenvalue weighted by Gasteiger charge is -2.19. The Morgan fingerprint density at radius 3 is 2.06 bits per heavy atom. The molecule has 0 unspecified atom stereocenters. The third-order valence-corrected chi connectivity index (χ3v) is 3.12. The number of amides is 1. The van der Waals surface area contributed by atoms with Crippen LogP contribution in [0, 0.1) is 0 Å². The quantitative estimate of drug-likeness (QED) is 0.661. The van der Waals surface area contributed by atoms with Gasteiger partial charge in [-0.3, -0.25) is 4.79 Å². The fourth-order valence-corrected chi connectivity index (χ4v) is 2.09. The molecular formula is C10H13NO5S. The number of aliphatic hydroxyl groups is 2. The molecule has 0 spiro atoms. The van der Waals surface area contributed by atoms with E-state index < -0.39 is 5.97 Å². The summed E-state index contributed by atoms with van der Waals surface area (Å²) in [4.78, 5) is 24.2. The highest BCUT2D eigenvalue weighted by molar-refractivity contribution is 7.15. The molecule has 0 aliphatic rings. The van der Waals surface area contributed by atoms with E-state index in [0.717, 1.165) is 11.3 Å². The number of carbonyl (C=O) groups excluding carboxylic acids is 1. The topological polar surface area (TPSA) is 98.1 Å². The second kappa shape index (κ2) is 6.33.